The van der Waals surface area contributed by atoms with E-state index >= 15 is 0 Å². The van der Waals surface area contributed by atoms with Crippen molar-refractivity contribution >= 4 is 15.8 Å². The van der Waals surface area contributed by atoms with Gasteiger partial charge in [-0.3, -0.25) is 0 Å². The lowest BCUT2D eigenvalue weighted by Crippen LogP contribution is -2.05. The average molecular weight is 224 g/mol. The van der Waals surface area contributed by atoms with Crippen LogP contribution in [0.15, 0.2) is 35.2 Å². The van der Waals surface area contributed by atoms with Crippen molar-refractivity contribution in [3.05, 3.63) is 30.3 Å². The van der Waals surface area contributed by atoms with Crippen LogP contribution < -0.4 is 0 Å². The van der Waals surface area contributed by atoms with Crippen molar-refractivity contribution in [1.29, 1.82) is 0 Å². The molecule has 0 heterocycles. The Morgan fingerprint density at radius 2 is 1.87 bits per heavy atom. The molecule has 0 saturated carbocycles. The summed E-state index contributed by atoms with van der Waals surface area (Å²) in [6.45, 7) is 0. The molecule has 0 spiro atoms. The molecule has 1 aromatic rings. The fourth-order valence-electron chi connectivity index (χ4n) is 0.918. The summed E-state index contributed by atoms with van der Waals surface area (Å²) in [5.41, 5.74) is 0. The molecule has 78 valence electrons. The smallest absolute Gasteiger partial charge is 0.381 e. The van der Waals surface area contributed by atoms with Gasteiger partial charge in [0.15, 0.2) is 9.84 Å². The van der Waals surface area contributed by atoms with Gasteiger partial charge in [-0.25, -0.2) is 13.2 Å². The highest BCUT2D eigenvalue weighted by atomic mass is 32.2. The molecule has 0 bridgehead atoms. The lowest BCUT2D eigenvalue weighted by molar-refractivity contribution is -0.130. The van der Waals surface area contributed by atoms with Crippen LogP contribution in [0, 0.1) is 11.8 Å². The minimum Gasteiger partial charge on any atom is -0.472 e. The van der Waals surface area contributed by atoms with Crippen molar-refractivity contribution in [3.63, 3.8) is 0 Å². The van der Waals surface area contributed by atoms with Gasteiger partial charge < -0.3 is 5.11 Å². The van der Waals surface area contributed by atoms with Crippen LogP contribution in [0.3, 0.4) is 0 Å². The molecule has 0 atom stereocenters. The number of rotatable bonds is 2. The maximum Gasteiger partial charge on any atom is 0.381 e. The summed E-state index contributed by atoms with van der Waals surface area (Å²) in [6, 6.07) is 7.77. The second kappa shape index (κ2) is 4.62. The number of aliphatic carboxylic acids is 1. The highest BCUT2D eigenvalue weighted by Gasteiger charge is 2.11. The summed E-state index contributed by atoms with van der Waals surface area (Å²) in [6.07, 6.45) is 0. The van der Waals surface area contributed by atoms with E-state index in [1.807, 2.05) is 0 Å². The molecule has 1 N–H and O–H groups in total. The number of carboxylic acid groups (broad SMARTS) is 1. The van der Waals surface area contributed by atoms with Gasteiger partial charge in [-0.2, -0.15) is 0 Å². The fourth-order valence-corrected chi connectivity index (χ4v) is 1.92. The van der Waals surface area contributed by atoms with Crippen LogP contribution in [0.1, 0.15) is 0 Å². The maximum atomic E-state index is 11.5. The van der Waals surface area contributed by atoms with Gasteiger partial charge in [0.05, 0.1) is 4.90 Å². The van der Waals surface area contributed by atoms with E-state index in [1.54, 1.807) is 24.1 Å². The van der Waals surface area contributed by atoms with Crippen LogP contribution in [-0.2, 0) is 14.6 Å². The van der Waals surface area contributed by atoms with Crippen molar-refractivity contribution in [2.24, 2.45) is 0 Å². The number of carbonyl (C=O) groups is 1. The maximum absolute atomic E-state index is 11.5. The monoisotopic (exact) mass is 224 g/mol. The molecule has 5 heteroatoms. The molecule has 1 aromatic carbocycles. The number of hydrogen-bond donors (Lipinski definition) is 1. The van der Waals surface area contributed by atoms with Crippen molar-refractivity contribution in [2.75, 3.05) is 5.75 Å². The Bertz CT molecular complexity index is 505. The Morgan fingerprint density at radius 1 is 1.27 bits per heavy atom. The molecule has 0 amide bonds. The van der Waals surface area contributed by atoms with Crippen LogP contribution in [0.2, 0.25) is 0 Å². The van der Waals surface area contributed by atoms with Gasteiger partial charge >= 0.3 is 5.97 Å². The highest BCUT2D eigenvalue weighted by molar-refractivity contribution is 7.91. The molecular formula is C10H8O4S. The number of hydrogen-bond acceptors (Lipinski definition) is 3. The van der Waals surface area contributed by atoms with E-state index in [-0.39, 0.29) is 4.90 Å². The molecule has 0 aromatic heterocycles. The average Bonchev–Trinajstić information content (AvgIpc) is 2.18. The van der Waals surface area contributed by atoms with Gasteiger partial charge in [0.2, 0.25) is 0 Å². The summed E-state index contributed by atoms with van der Waals surface area (Å²) >= 11 is 0. The Labute approximate surface area is 87.5 Å². The molecule has 0 aliphatic heterocycles. The molecule has 1 rings (SSSR count). The Morgan fingerprint density at radius 3 is 2.40 bits per heavy atom. The molecule has 0 fully saturated rings. The van der Waals surface area contributed by atoms with Crippen molar-refractivity contribution in [1.82, 2.24) is 0 Å². The molecule has 0 saturated heterocycles. The molecule has 0 aliphatic carbocycles. The molecular weight excluding hydrogens is 216 g/mol. The van der Waals surface area contributed by atoms with Crippen molar-refractivity contribution in [3.8, 4) is 11.8 Å². The van der Waals surface area contributed by atoms with E-state index < -0.39 is 21.6 Å². The first-order valence-corrected chi connectivity index (χ1v) is 5.67. The standard InChI is InChI=1S/C10H8O4S/c11-10(12)7-4-8-15(13,14)9-5-2-1-3-6-9/h1-3,5-6H,8H2,(H,11,12). The molecule has 0 aliphatic rings. The molecule has 4 nitrogen and oxygen atoms in total. The highest BCUT2D eigenvalue weighted by Crippen LogP contribution is 2.08. The van der Waals surface area contributed by atoms with Crippen molar-refractivity contribution in [2.45, 2.75) is 4.90 Å². The fraction of sp³-hybridized carbons (Fsp3) is 0.100. The predicted molar refractivity (Wildman–Crippen MR) is 53.9 cm³/mol. The summed E-state index contributed by atoms with van der Waals surface area (Å²) in [5.74, 6) is 2.03. The number of sulfone groups is 1. The summed E-state index contributed by atoms with van der Waals surface area (Å²) in [5, 5.41) is 8.21. The Balaban J connectivity index is 2.88. The van der Waals surface area contributed by atoms with Gasteiger partial charge in [-0.15, -0.1) is 0 Å². The van der Waals surface area contributed by atoms with Gasteiger partial charge in [0.1, 0.15) is 5.75 Å². The van der Waals surface area contributed by atoms with Crippen LogP contribution in [-0.4, -0.2) is 25.2 Å². The third-order valence-corrected chi connectivity index (χ3v) is 3.07. The minimum absolute atomic E-state index is 0.143. The minimum atomic E-state index is -3.49. The zero-order chi connectivity index (χ0) is 11.3. The SMILES string of the molecule is O=C(O)C#CCS(=O)(=O)c1ccccc1. The zero-order valence-electron chi connectivity index (χ0n) is 7.67. The lowest BCUT2D eigenvalue weighted by Gasteiger charge is -1.98. The third kappa shape index (κ3) is 3.44. The van der Waals surface area contributed by atoms with E-state index in [0.29, 0.717) is 0 Å². The topological polar surface area (TPSA) is 71.4 Å². The zero-order valence-corrected chi connectivity index (χ0v) is 8.49. The van der Waals surface area contributed by atoms with Crippen LogP contribution in [0.25, 0.3) is 0 Å². The lowest BCUT2D eigenvalue weighted by atomic mass is 10.4. The quantitative estimate of drug-likeness (QED) is 0.744. The van der Waals surface area contributed by atoms with Gasteiger partial charge in [0.25, 0.3) is 0 Å². The van der Waals surface area contributed by atoms with Gasteiger partial charge in [0, 0.05) is 5.92 Å². The Kier molecular flexibility index (Phi) is 3.47. The van der Waals surface area contributed by atoms with E-state index in [9.17, 15) is 13.2 Å². The van der Waals surface area contributed by atoms with Crippen LogP contribution in [0.4, 0.5) is 0 Å². The second-order valence-corrected chi connectivity index (χ2v) is 4.67. The van der Waals surface area contributed by atoms with Gasteiger partial charge in [-0.05, 0) is 12.1 Å². The second-order valence-electron chi connectivity index (χ2n) is 2.68. The Hall–Kier alpha value is -1.80. The first-order valence-electron chi connectivity index (χ1n) is 4.02. The van der Waals surface area contributed by atoms with Crippen molar-refractivity contribution < 1.29 is 18.3 Å². The molecule has 0 unspecified atom stereocenters. The van der Waals surface area contributed by atoms with E-state index in [1.165, 1.54) is 12.1 Å². The first kappa shape index (κ1) is 11.3. The predicted octanol–water partition coefficient (Wildman–Crippen LogP) is 0.548. The first-order chi connectivity index (χ1) is 7.02. The normalized spacial score (nSPS) is 10.1. The van der Waals surface area contributed by atoms with E-state index in [0.717, 1.165) is 0 Å². The van der Waals surface area contributed by atoms with E-state index in [4.69, 9.17) is 5.11 Å². The van der Waals surface area contributed by atoms with Crippen LogP contribution in [0.5, 0.6) is 0 Å². The third-order valence-electron chi connectivity index (χ3n) is 1.56. The van der Waals surface area contributed by atoms with Crippen LogP contribution >= 0.6 is 0 Å². The summed E-state index contributed by atoms with van der Waals surface area (Å²) in [7, 11) is -3.49. The largest absolute Gasteiger partial charge is 0.472 e. The van der Waals surface area contributed by atoms with E-state index in [2.05, 4.69) is 5.92 Å². The molecule has 15 heavy (non-hydrogen) atoms. The number of benzene rings is 1. The summed E-state index contributed by atoms with van der Waals surface area (Å²) in [4.78, 5) is 10.2. The number of carboxylic acids is 1. The summed E-state index contributed by atoms with van der Waals surface area (Å²) < 4.78 is 23.0. The van der Waals surface area contributed by atoms with Gasteiger partial charge in [-0.1, -0.05) is 24.1 Å². The molecule has 0 radical (unpaired) electrons.